The molecule has 3 N–H and O–H groups in total. The Hall–Kier alpha value is -2.26. The first-order chi connectivity index (χ1) is 17.1. The van der Waals surface area contributed by atoms with E-state index < -0.39 is 29.7 Å². The highest BCUT2D eigenvalue weighted by molar-refractivity contribution is 7.98. The van der Waals surface area contributed by atoms with Crippen molar-refractivity contribution in [3.63, 3.8) is 0 Å². The molecule has 1 aliphatic rings. The lowest BCUT2D eigenvalue weighted by atomic mass is 9.94. The van der Waals surface area contributed by atoms with Gasteiger partial charge >= 0.3 is 6.09 Å². The van der Waals surface area contributed by atoms with Crippen molar-refractivity contribution >= 4 is 29.7 Å². The molecular weight excluding hydrogens is 478 g/mol. The number of aliphatic hydroxyl groups excluding tert-OH is 1. The van der Waals surface area contributed by atoms with Crippen molar-refractivity contribution in [1.29, 1.82) is 0 Å². The summed E-state index contributed by atoms with van der Waals surface area (Å²) in [7, 11) is 0. The summed E-state index contributed by atoms with van der Waals surface area (Å²) in [6.07, 6.45) is 6.72. The van der Waals surface area contributed by atoms with Crippen LogP contribution >= 0.6 is 11.8 Å². The molecule has 0 saturated heterocycles. The zero-order valence-electron chi connectivity index (χ0n) is 22.3. The monoisotopic (exact) mass is 521 g/mol. The second-order valence-electron chi connectivity index (χ2n) is 10.4. The maximum atomic E-state index is 13.9. The van der Waals surface area contributed by atoms with Crippen LogP contribution in [0, 0.1) is 6.92 Å². The number of carbonyl (C=O) groups is 3. The Bertz CT molecular complexity index is 867. The fourth-order valence-corrected chi connectivity index (χ4v) is 4.93. The summed E-state index contributed by atoms with van der Waals surface area (Å²) < 4.78 is 5.39. The fraction of sp³-hybridized carbons (Fsp3) is 0.667. The Morgan fingerprint density at radius 2 is 1.89 bits per heavy atom. The van der Waals surface area contributed by atoms with Gasteiger partial charge in [-0.3, -0.25) is 9.59 Å². The van der Waals surface area contributed by atoms with Crippen LogP contribution in [0.2, 0.25) is 0 Å². The number of amides is 3. The Balaban J connectivity index is 2.39. The number of hydrogen-bond donors (Lipinski definition) is 3. The zero-order valence-corrected chi connectivity index (χ0v) is 23.2. The van der Waals surface area contributed by atoms with Crippen molar-refractivity contribution in [2.75, 3.05) is 25.2 Å². The number of nitrogens with one attached hydrogen (secondary N) is 2. The van der Waals surface area contributed by atoms with Gasteiger partial charge < -0.3 is 25.4 Å². The second kappa shape index (κ2) is 14.5. The lowest BCUT2D eigenvalue weighted by molar-refractivity contribution is -0.143. The van der Waals surface area contributed by atoms with Crippen molar-refractivity contribution < 1.29 is 24.2 Å². The van der Waals surface area contributed by atoms with Gasteiger partial charge in [-0.2, -0.15) is 11.8 Å². The van der Waals surface area contributed by atoms with Crippen LogP contribution in [0.4, 0.5) is 4.79 Å². The van der Waals surface area contributed by atoms with E-state index in [1.54, 1.807) is 32.5 Å². The minimum Gasteiger partial charge on any atom is -0.444 e. The summed E-state index contributed by atoms with van der Waals surface area (Å²) in [4.78, 5) is 41.5. The first-order valence-electron chi connectivity index (χ1n) is 12.8. The van der Waals surface area contributed by atoms with Gasteiger partial charge in [-0.05, 0) is 64.5 Å². The van der Waals surface area contributed by atoms with E-state index >= 15 is 0 Å². The summed E-state index contributed by atoms with van der Waals surface area (Å²) in [5.74, 6) is -0.0628. The van der Waals surface area contributed by atoms with Crippen LogP contribution in [-0.2, 0) is 14.3 Å². The van der Waals surface area contributed by atoms with Crippen LogP contribution in [0.5, 0.6) is 0 Å². The third kappa shape index (κ3) is 9.65. The van der Waals surface area contributed by atoms with Gasteiger partial charge in [-0.25, -0.2) is 4.79 Å². The maximum absolute atomic E-state index is 13.9. The molecule has 0 radical (unpaired) electrons. The summed E-state index contributed by atoms with van der Waals surface area (Å²) in [6.45, 7) is 6.85. The molecule has 1 aromatic rings. The smallest absolute Gasteiger partial charge is 0.408 e. The summed E-state index contributed by atoms with van der Waals surface area (Å²) in [5.41, 5.74) is 0.919. The van der Waals surface area contributed by atoms with Gasteiger partial charge in [0.15, 0.2) is 0 Å². The number of carbonyl (C=O) groups excluding carboxylic acids is 3. The highest BCUT2D eigenvalue weighted by Gasteiger charge is 2.36. The summed E-state index contributed by atoms with van der Waals surface area (Å²) in [5, 5.41) is 15.8. The molecule has 1 aromatic carbocycles. The van der Waals surface area contributed by atoms with Crippen LogP contribution in [0.3, 0.4) is 0 Å². The average molecular weight is 522 g/mol. The van der Waals surface area contributed by atoms with Gasteiger partial charge in [0.2, 0.25) is 11.8 Å². The highest BCUT2D eigenvalue weighted by Crippen LogP contribution is 2.26. The lowest BCUT2D eigenvalue weighted by Gasteiger charge is -2.35. The minimum absolute atomic E-state index is 0.0404. The highest BCUT2D eigenvalue weighted by atomic mass is 32.2. The Morgan fingerprint density at radius 3 is 2.47 bits per heavy atom. The Kier molecular flexibility index (Phi) is 12.0. The predicted octanol–water partition coefficient (Wildman–Crippen LogP) is 3.95. The van der Waals surface area contributed by atoms with E-state index in [1.165, 1.54) is 4.90 Å². The normalized spacial score (nSPS) is 16.1. The van der Waals surface area contributed by atoms with Gasteiger partial charge in [0.05, 0.1) is 6.61 Å². The summed E-state index contributed by atoms with van der Waals surface area (Å²) >= 11 is 1.56. The molecule has 1 fully saturated rings. The number of aliphatic hydroxyl groups is 1. The number of nitrogens with zero attached hydrogens (tertiary/aromatic N) is 1. The van der Waals surface area contributed by atoms with Gasteiger partial charge in [0.1, 0.15) is 17.7 Å². The van der Waals surface area contributed by atoms with Crippen LogP contribution in [0.25, 0.3) is 0 Å². The van der Waals surface area contributed by atoms with Gasteiger partial charge in [-0.1, -0.05) is 49.1 Å². The number of rotatable bonds is 11. The molecule has 9 heteroatoms. The van der Waals surface area contributed by atoms with Crippen molar-refractivity contribution in [1.82, 2.24) is 15.5 Å². The van der Waals surface area contributed by atoms with Crippen molar-refractivity contribution in [2.45, 2.75) is 89.9 Å². The molecule has 0 bridgehead atoms. The van der Waals surface area contributed by atoms with Crippen LogP contribution in [0.15, 0.2) is 24.3 Å². The fourth-order valence-electron chi connectivity index (χ4n) is 4.46. The molecule has 36 heavy (non-hydrogen) atoms. The minimum atomic E-state index is -0.927. The topological polar surface area (TPSA) is 108 Å². The average Bonchev–Trinajstić information content (AvgIpc) is 2.80. The molecule has 0 aromatic heterocycles. The van der Waals surface area contributed by atoms with Crippen molar-refractivity contribution in [2.24, 2.45) is 0 Å². The largest absolute Gasteiger partial charge is 0.444 e. The Morgan fingerprint density at radius 1 is 1.19 bits per heavy atom. The van der Waals surface area contributed by atoms with Crippen molar-refractivity contribution in [3.05, 3.63) is 35.4 Å². The third-order valence-corrected chi connectivity index (χ3v) is 6.74. The molecule has 2 unspecified atom stereocenters. The van der Waals surface area contributed by atoms with Crippen molar-refractivity contribution in [3.8, 4) is 0 Å². The number of thioether (sulfide) groups is 1. The molecule has 0 spiro atoms. The molecular formula is C27H43N3O5S. The van der Waals surface area contributed by atoms with Crippen LogP contribution < -0.4 is 10.6 Å². The van der Waals surface area contributed by atoms with Crippen LogP contribution in [-0.4, -0.2) is 70.8 Å². The van der Waals surface area contributed by atoms with E-state index in [0.29, 0.717) is 17.7 Å². The Labute approximate surface area is 219 Å². The van der Waals surface area contributed by atoms with Gasteiger partial charge in [0, 0.05) is 12.6 Å². The number of hydrogen-bond acceptors (Lipinski definition) is 6. The molecule has 8 nitrogen and oxygen atoms in total. The molecule has 3 amide bonds. The number of benzene rings is 1. The van der Waals surface area contributed by atoms with E-state index in [9.17, 15) is 19.5 Å². The first-order valence-corrected chi connectivity index (χ1v) is 14.2. The lowest BCUT2D eigenvalue weighted by Crippen LogP contribution is -2.54. The van der Waals surface area contributed by atoms with E-state index in [1.807, 2.05) is 37.4 Å². The van der Waals surface area contributed by atoms with Crippen LogP contribution in [0.1, 0.15) is 76.5 Å². The zero-order chi connectivity index (χ0) is 26.7. The third-order valence-electron chi connectivity index (χ3n) is 6.09. The second-order valence-corrected chi connectivity index (χ2v) is 11.4. The predicted molar refractivity (Wildman–Crippen MR) is 144 cm³/mol. The number of ether oxygens (including phenoxy) is 1. The van der Waals surface area contributed by atoms with E-state index in [2.05, 4.69) is 10.6 Å². The van der Waals surface area contributed by atoms with E-state index in [4.69, 9.17) is 4.74 Å². The molecule has 2 rings (SSSR count). The van der Waals surface area contributed by atoms with E-state index in [-0.39, 0.29) is 25.1 Å². The quantitative estimate of drug-likeness (QED) is 0.407. The van der Waals surface area contributed by atoms with Gasteiger partial charge in [-0.15, -0.1) is 0 Å². The molecule has 0 aliphatic heterocycles. The molecule has 0 heterocycles. The molecule has 2 atom stereocenters. The SMILES string of the molecule is CSCCC(NC(=O)OC(C)(C)C)C(=O)N(CCO)C(C(=O)NC1CCCCC1)c1cccc(C)c1. The molecule has 1 saturated carbocycles. The molecule has 1 aliphatic carbocycles. The first kappa shape index (κ1) is 30.0. The number of alkyl carbamates (subject to hydrolysis) is 1. The number of aryl methyl sites for hydroxylation is 1. The summed E-state index contributed by atoms with van der Waals surface area (Å²) in [6, 6.07) is 5.75. The molecule has 202 valence electrons. The standard InChI is InChI=1S/C27H43N3O5S/c1-19-10-9-11-20(18-19)23(24(32)28-21-12-7-6-8-13-21)30(15-16-31)25(33)22(14-17-36-5)29-26(34)35-27(2,3)4/h9-11,18,21-23,31H,6-8,12-17H2,1-5H3,(H,28,32)(H,29,34). The maximum Gasteiger partial charge on any atom is 0.408 e. The van der Waals surface area contributed by atoms with Gasteiger partial charge in [0.25, 0.3) is 0 Å². The van der Waals surface area contributed by atoms with E-state index in [0.717, 1.165) is 37.7 Å².